The molecule has 0 aromatic heterocycles. The molecule has 3 nitrogen and oxygen atoms in total. The monoisotopic (exact) mass is 244 g/mol. The molecule has 0 aromatic carbocycles. The lowest BCUT2D eigenvalue weighted by Gasteiger charge is -2.26. The van der Waals surface area contributed by atoms with Gasteiger partial charge in [0.2, 0.25) is 0 Å². The van der Waals surface area contributed by atoms with E-state index in [0.29, 0.717) is 6.61 Å². The van der Waals surface area contributed by atoms with Crippen LogP contribution < -0.4 is 5.73 Å². The van der Waals surface area contributed by atoms with Crippen molar-refractivity contribution in [3.63, 3.8) is 0 Å². The van der Waals surface area contributed by atoms with Gasteiger partial charge in [-0.1, -0.05) is 27.7 Å². The molecular weight excluding hydrogens is 212 g/mol. The molecular formula is C14H32N2O. The summed E-state index contributed by atoms with van der Waals surface area (Å²) in [4.78, 5) is 2.49. The number of hydrogen-bond acceptors (Lipinski definition) is 3. The minimum Gasteiger partial charge on any atom is -0.383 e. The molecule has 0 aliphatic rings. The van der Waals surface area contributed by atoms with E-state index in [1.54, 1.807) is 7.11 Å². The van der Waals surface area contributed by atoms with E-state index in [9.17, 15) is 0 Å². The van der Waals surface area contributed by atoms with Crippen molar-refractivity contribution in [3.8, 4) is 0 Å². The first-order valence-electron chi connectivity index (χ1n) is 6.92. The van der Waals surface area contributed by atoms with Crippen molar-refractivity contribution < 1.29 is 4.74 Å². The molecule has 0 saturated heterocycles. The first kappa shape index (κ1) is 16.9. The van der Waals surface area contributed by atoms with Crippen molar-refractivity contribution in [1.29, 1.82) is 0 Å². The maximum absolute atomic E-state index is 6.03. The van der Waals surface area contributed by atoms with Crippen LogP contribution in [0.3, 0.4) is 0 Å². The van der Waals surface area contributed by atoms with Crippen LogP contribution in [0.4, 0.5) is 0 Å². The van der Waals surface area contributed by atoms with Gasteiger partial charge in [0, 0.05) is 19.7 Å². The van der Waals surface area contributed by atoms with Crippen molar-refractivity contribution in [2.24, 2.45) is 17.6 Å². The van der Waals surface area contributed by atoms with Crippen molar-refractivity contribution in [2.45, 2.75) is 46.6 Å². The molecule has 3 heteroatoms. The van der Waals surface area contributed by atoms with Gasteiger partial charge in [-0.15, -0.1) is 0 Å². The summed E-state index contributed by atoms with van der Waals surface area (Å²) < 4.78 is 5.10. The van der Waals surface area contributed by atoms with Crippen molar-refractivity contribution in [2.75, 3.05) is 33.4 Å². The van der Waals surface area contributed by atoms with Crippen molar-refractivity contribution in [1.82, 2.24) is 4.90 Å². The average Bonchev–Trinajstić information content (AvgIpc) is 2.22. The van der Waals surface area contributed by atoms with E-state index < -0.39 is 0 Å². The van der Waals surface area contributed by atoms with Gasteiger partial charge >= 0.3 is 0 Å². The lowest BCUT2D eigenvalue weighted by Crippen LogP contribution is -2.41. The standard InChI is InChI=1S/C14H32N2O/c1-12(2)6-8-16(9-7-13(3)4)10-14(15)11-17-5/h12-14H,6-11,15H2,1-5H3. The minimum atomic E-state index is 0.138. The van der Waals surface area contributed by atoms with Crippen molar-refractivity contribution in [3.05, 3.63) is 0 Å². The zero-order valence-corrected chi connectivity index (χ0v) is 12.4. The molecule has 0 spiro atoms. The van der Waals surface area contributed by atoms with Crippen LogP contribution >= 0.6 is 0 Å². The van der Waals surface area contributed by atoms with Gasteiger partial charge in [0.15, 0.2) is 0 Å². The Morgan fingerprint density at radius 1 is 1.00 bits per heavy atom. The number of ether oxygens (including phenoxy) is 1. The van der Waals surface area contributed by atoms with Gasteiger partial charge in [-0.05, 0) is 37.8 Å². The average molecular weight is 244 g/mol. The van der Waals surface area contributed by atoms with Crippen molar-refractivity contribution >= 4 is 0 Å². The fourth-order valence-electron chi connectivity index (χ4n) is 1.77. The van der Waals surface area contributed by atoms with Gasteiger partial charge in [-0.2, -0.15) is 0 Å². The number of hydrogen-bond donors (Lipinski definition) is 1. The molecule has 0 rings (SSSR count). The third-order valence-corrected chi connectivity index (χ3v) is 2.92. The topological polar surface area (TPSA) is 38.5 Å². The van der Waals surface area contributed by atoms with E-state index in [1.807, 2.05) is 0 Å². The molecule has 0 heterocycles. The molecule has 0 saturated carbocycles. The van der Waals surface area contributed by atoms with E-state index in [4.69, 9.17) is 10.5 Å². The molecule has 0 aliphatic heterocycles. The highest BCUT2D eigenvalue weighted by atomic mass is 16.5. The number of nitrogens with zero attached hydrogens (tertiary/aromatic N) is 1. The van der Waals surface area contributed by atoms with Crippen LogP contribution in [0.2, 0.25) is 0 Å². The maximum Gasteiger partial charge on any atom is 0.0626 e. The Morgan fingerprint density at radius 3 is 1.82 bits per heavy atom. The molecule has 0 aliphatic carbocycles. The Hall–Kier alpha value is -0.120. The third-order valence-electron chi connectivity index (χ3n) is 2.92. The molecule has 0 radical (unpaired) electrons. The van der Waals surface area contributed by atoms with Gasteiger partial charge in [-0.25, -0.2) is 0 Å². The normalized spacial score (nSPS) is 13.9. The Labute approximate surface area is 108 Å². The zero-order valence-electron chi connectivity index (χ0n) is 12.4. The smallest absolute Gasteiger partial charge is 0.0626 e. The van der Waals surface area contributed by atoms with E-state index in [0.717, 1.165) is 31.5 Å². The Balaban J connectivity index is 4.00. The maximum atomic E-state index is 6.03. The van der Waals surface area contributed by atoms with E-state index in [2.05, 4.69) is 32.6 Å². The van der Waals surface area contributed by atoms with Gasteiger partial charge in [0.1, 0.15) is 0 Å². The SMILES string of the molecule is COCC(N)CN(CCC(C)C)CCC(C)C. The van der Waals surface area contributed by atoms with Crippen LogP contribution in [0, 0.1) is 11.8 Å². The summed E-state index contributed by atoms with van der Waals surface area (Å²) in [5.74, 6) is 1.52. The third kappa shape index (κ3) is 10.7. The van der Waals surface area contributed by atoms with Gasteiger partial charge in [0.05, 0.1) is 6.61 Å². The summed E-state index contributed by atoms with van der Waals surface area (Å²) in [5, 5.41) is 0. The molecule has 0 amide bonds. The van der Waals surface area contributed by atoms with Crippen LogP contribution in [-0.4, -0.2) is 44.3 Å². The van der Waals surface area contributed by atoms with E-state index in [1.165, 1.54) is 12.8 Å². The quantitative estimate of drug-likeness (QED) is 0.641. The van der Waals surface area contributed by atoms with Crippen LogP contribution in [0.1, 0.15) is 40.5 Å². The fourth-order valence-corrected chi connectivity index (χ4v) is 1.77. The molecule has 1 unspecified atom stereocenters. The molecule has 2 N–H and O–H groups in total. The zero-order chi connectivity index (χ0) is 13.3. The predicted molar refractivity (Wildman–Crippen MR) is 75.2 cm³/mol. The van der Waals surface area contributed by atoms with Gasteiger partial charge in [-0.3, -0.25) is 0 Å². The fraction of sp³-hybridized carbons (Fsp3) is 1.00. The summed E-state index contributed by atoms with van der Waals surface area (Å²) in [5.41, 5.74) is 6.03. The molecule has 0 aromatic rings. The summed E-state index contributed by atoms with van der Waals surface area (Å²) in [6.07, 6.45) is 2.50. The molecule has 0 bridgehead atoms. The highest BCUT2D eigenvalue weighted by Gasteiger charge is 2.11. The summed E-state index contributed by atoms with van der Waals surface area (Å²) >= 11 is 0. The predicted octanol–water partition coefficient (Wildman–Crippen LogP) is 2.35. The number of methoxy groups -OCH3 is 1. The second kappa shape index (κ2) is 9.86. The first-order valence-corrected chi connectivity index (χ1v) is 6.92. The lowest BCUT2D eigenvalue weighted by molar-refractivity contribution is 0.148. The van der Waals surface area contributed by atoms with E-state index in [-0.39, 0.29) is 6.04 Å². The number of nitrogens with two attached hydrogens (primary N) is 1. The largest absolute Gasteiger partial charge is 0.383 e. The first-order chi connectivity index (χ1) is 7.95. The second-order valence-electron chi connectivity index (χ2n) is 5.88. The van der Waals surface area contributed by atoms with Crippen LogP contribution in [0.15, 0.2) is 0 Å². The van der Waals surface area contributed by atoms with E-state index >= 15 is 0 Å². The van der Waals surface area contributed by atoms with Crippen LogP contribution in [-0.2, 0) is 4.74 Å². The summed E-state index contributed by atoms with van der Waals surface area (Å²) in [6, 6.07) is 0.138. The lowest BCUT2D eigenvalue weighted by atomic mass is 10.1. The Bertz CT molecular complexity index is 160. The summed E-state index contributed by atoms with van der Waals surface area (Å²) in [7, 11) is 1.71. The van der Waals surface area contributed by atoms with Crippen LogP contribution in [0.25, 0.3) is 0 Å². The highest BCUT2D eigenvalue weighted by molar-refractivity contribution is 4.69. The molecule has 1 atom stereocenters. The molecule has 104 valence electrons. The van der Waals surface area contributed by atoms with Crippen LogP contribution in [0.5, 0.6) is 0 Å². The van der Waals surface area contributed by atoms with Gasteiger partial charge < -0.3 is 15.4 Å². The van der Waals surface area contributed by atoms with Gasteiger partial charge in [0.25, 0.3) is 0 Å². The number of rotatable bonds is 10. The highest BCUT2D eigenvalue weighted by Crippen LogP contribution is 2.07. The molecule has 0 fully saturated rings. The molecule has 17 heavy (non-hydrogen) atoms. The summed E-state index contributed by atoms with van der Waals surface area (Å²) in [6.45, 7) is 13.0. The Kier molecular flexibility index (Phi) is 9.79. The minimum absolute atomic E-state index is 0.138. The second-order valence-corrected chi connectivity index (χ2v) is 5.88. The Morgan fingerprint density at radius 2 is 1.47 bits per heavy atom.